The van der Waals surface area contributed by atoms with Gasteiger partial charge in [0, 0.05) is 13.1 Å². The molecule has 0 spiro atoms. The van der Waals surface area contributed by atoms with E-state index in [9.17, 15) is 9.59 Å². The Kier molecular flexibility index (Phi) is 5.20. The largest absolute Gasteiger partial charge is 0.481 e. The molecule has 5 heteroatoms. The van der Waals surface area contributed by atoms with Gasteiger partial charge in [0.15, 0.2) is 0 Å². The van der Waals surface area contributed by atoms with Crippen LogP contribution < -0.4 is 0 Å². The van der Waals surface area contributed by atoms with E-state index in [1.165, 1.54) is 0 Å². The van der Waals surface area contributed by atoms with Crippen molar-refractivity contribution < 1.29 is 19.4 Å². The fourth-order valence-corrected chi connectivity index (χ4v) is 2.59. The van der Waals surface area contributed by atoms with Crippen molar-refractivity contribution in [3.05, 3.63) is 35.9 Å². The second-order valence-electron chi connectivity index (χ2n) is 5.49. The van der Waals surface area contributed by atoms with Gasteiger partial charge < -0.3 is 14.7 Å². The zero-order chi connectivity index (χ0) is 15.2. The number of aliphatic carboxylic acids is 1. The zero-order valence-electron chi connectivity index (χ0n) is 12.2. The highest BCUT2D eigenvalue weighted by Gasteiger charge is 2.30. The van der Waals surface area contributed by atoms with E-state index < -0.39 is 5.97 Å². The molecule has 1 fully saturated rings. The Balaban J connectivity index is 1.77. The predicted octanol–water partition coefficient (Wildman–Crippen LogP) is 2.76. The predicted molar refractivity (Wildman–Crippen MR) is 77.7 cm³/mol. The lowest BCUT2D eigenvalue weighted by Gasteiger charge is -2.32. The second kappa shape index (κ2) is 7.11. The molecule has 0 saturated carbocycles. The lowest BCUT2D eigenvalue weighted by Crippen LogP contribution is -2.41. The minimum Gasteiger partial charge on any atom is -0.481 e. The molecule has 0 aliphatic carbocycles. The Bertz CT molecular complexity index is 480. The van der Waals surface area contributed by atoms with Crippen LogP contribution in [-0.2, 0) is 16.1 Å². The third kappa shape index (κ3) is 4.21. The Morgan fingerprint density at radius 2 is 1.90 bits per heavy atom. The summed E-state index contributed by atoms with van der Waals surface area (Å²) < 4.78 is 5.28. The number of ether oxygens (including phenoxy) is 1. The van der Waals surface area contributed by atoms with Crippen LogP contribution in [0.5, 0.6) is 0 Å². The van der Waals surface area contributed by atoms with Crippen LogP contribution in [0.15, 0.2) is 30.3 Å². The molecule has 0 aromatic heterocycles. The quantitative estimate of drug-likeness (QED) is 0.926. The molecule has 1 aromatic carbocycles. The molecule has 0 radical (unpaired) electrons. The monoisotopic (exact) mass is 291 g/mol. The average molecular weight is 291 g/mol. The van der Waals surface area contributed by atoms with E-state index in [1.54, 1.807) is 11.8 Å². The number of carbonyl (C=O) groups is 2. The van der Waals surface area contributed by atoms with E-state index in [0.717, 1.165) is 5.56 Å². The van der Waals surface area contributed by atoms with Crippen molar-refractivity contribution in [2.45, 2.75) is 26.4 Å². The maximum Gasteiger partial charge on any atom is 0.410 e. The van der Waals surface area contributed by atoms with Crippen LogP contribution in [0, 0.1) is 11.8 Å². The smallest absolute Gasteiger partial charge is 0.410 e. The number of hydrogen-bond donors (Lipinski definition) is 1. The lowest BCUT2D eigenvalue weighted by molar-refractivity contribution is -0.143. The minimum absolute atomic E-state index is 0.140. The van der Waals surface area contributed by atoms with Gasteiger partial charge in [0.05, 0.1) is 5.92 Å². The molecule has 1 aliphatic rings. The third-order valence-electron chi connectivity index (χ3n) is 4.10. The fourth-order valence-electron chi connectivity index (χ4n) is 2.59. The summed E-state index contributed by atoms with van der Waals surface area (Å²) in [5.41, 5.74) is 0.959. The van der Waals surface area contributed by atoms with Crippen LogP contribution in [0.2, 0.25) is 0 Å². The molecule has 114 valence electrons. The zero-order valence-corrected chi connectivity index (χ0v) is 12.2. The number of benzene rings is 1. The fraction of sp³-hybridized carbons (Fsp3) is 0.500. The molecule has 0 bridgehead atoms. The molecule has 1 atom stereocenters. The van der Waals surface area contributed by atoms with Gasteiger partial charge >= 0.3 is 12.1 Å². The third-order valence-corrected chi connectivity index (χ3v) is 4.10. The highest BCUT2D eigenvalue weighted by Crippen LogP contribution is 2.25. The standard InChI is InChI=1S/C16H21NO4/c1-12(15(18)19)14-7-9-17(10-8-14)16(20)21-11-13-5-3-2-4-6-13/h2-6,12,14H,7-11H2,1H3,(H,18,19). The lowest BCUT2D eigenvalue weighted by atomic mass is 9.85. The summed E-state index contributed by atoms with van der Waals surface area (Å²) in [5, 5.41) is 9.01. The summed E-state index contributed by atoms with van der Waals surface area (Å²) in [5.74, 6) is -0.978. The van der Waals surface area contributed by atoms with Gasteiger partial charge in [-0.05, 0) is 24.3 Å². The molecule has 1 N–H and O–H groups in total. The van der Waals surface area contributed by atoms with Crippen molar-refractivity contribution in [1.82, 2.24) is 4.90 Å². The Labute approximate surface area is 124 Å². The molecule has 1 saturated heterocycles. The van der Waals surface area contributed by atoms with Crippen LogP contribution in [0.3, 0.4) is 0 Å². The van der Waals surface area contributed by atoms with Crippen molar-refractivity contribution in [2.75, 3.05) is 13.1 Å². The molecular weight excluding hydrogens is 270 g/mol. The van der Waals surface area contributed by atoms with Crippen LogP contribution >= 0.6 is 0 Å². The first-order valence-corrected chi connectivity index (χ1v) is 7.26. The SMILES string of the molecule is CC(C(=O)O)C1CCN(C(=O)OCc2ccccc2)CC1. The number of hydrogen-bond acceptors (Lipinski definition) is 3. The molecule has 21 heavy (non-hydrogen) atoms. The van der Waals surface area contributed by atoms with Gasteiger partial charge in [-0.15, -0.1) is 0 Å². The summed E-state index contributed by atoms with van der Waals surface area (Å²) in [6.45, 7) is 3.13. The Morgan fingerprint density at radius 3 is 2.48 bits per heavy atom. The maximum absolute atomic E-state index is 12.0. The van der Waals surface area contributed by atoms with Gasteiger partial charge in [0.1, 0.15) is 6.61 Å². The Hall–Kier alpha value is -2.04. The van der Waals surface area contributed by atoms with E-state index in [0.29, 0.717) is 25.9 Å². The van der Waals surface area contributed by atoms with E-state index in [4.69, 9.17) is 9.84 Å². The van der Waals surface area contributed by atoms with Crippen molar-refractivity contribution in [3.63, 3.8) is 0 Å². The average Bonchev–Trinajstić information content (AvgIpc) is 2.53. The van der Waals surface area contributed by atoms with Crippen LogP contribution in [0.4, 0.5) is 4.79 Å². The second-order valence-corrected chi connectivity index (χ2v) is 5.49. The molecule has 1 unspecified atom stereocenters. The van der Waals surface area contributed by atoms with Gasteiger partial charge in [-0.25, -0.2) is 4.79 Å². The first-order valence-electron chi connectivity index (χ1n) is 7.26. The van der Waals surface area contributed by atoms with E-state index in [2.05, 4.69) is 0 Å². The van der Waals surface area contributed by atoms with Crippen LogP contribution in [0.25, 0.3) is 0 Å². The maximum atomic E-state index is 12.0. The molecule has 1 aromatic rings. The minimum atomic E-state index is -0.764. The molecule has 2 rings (SSSR count). The summed E-state index contributed by atoms with van der Waals surface area (Å²) in [6, 6.07) is 9.55. The molecule has 1 aliphatic heterocycles. The number of likely N-dealkylation sites (tertiary alicyclic amines) is 1. The number of rotatable bonds is 4. The number of carbonyl (C=O) groups excluding carboxylic acids is 1. The number of piperidine rings is 1. The summed E-state index contributed by atoms with van der Waals surface area (Å²) in [4.78, 5) is 24.6. The van der Waals surface area contributed by atoms with Gasteiger partial charge in [-0.1, -0.05) is 37.3 Å². The first kappa shape index (κ1) is 15.4. The van der Waals surface area contributed by atoms with Gasteiger partial charge in [0.2, 0.25) is 0 Å². The Morgan fingerprint density at radius 1 is 1.29 bits per heavy atom. The van der Waals surface area contributed by atoms with Crippen molar-refractivity contribution in [1.29, 1.82) is 0 Å². The van der Waals surface area contributed by atoms with Gasteiger partial charge in [0.25, 0.3) is 0 Å². The van der Waals surface area contributed by atoms with Crippen LogP contribution in [-0.4, -0.2) is 35.2 Å². The first-order chi connectivity index (χ1) is 10.1. The summed E-state index contributed by atoms with van der Waals surface area (Å²) >= 11 is 0. The molecule has 5 nitrogen and oxygen atoms in total. The topological polar surface area (TPSA) is 66.8 Å². The van der Waals surface area contributed by atoms with Gasteiger partial charge in [-0.2, -0.15) is 0 Å². The number of carboxylic acids is 1. The molecular formula is C16H21NO4. The van der Waals surface area contributed by atoms with E-state index in [1.807, 2.05) is 30.3 Å². The highest BCUT2D eigenvalue weighted by molar-refractivity contribution is 5.70. The van der Waals surface area contributed by atoms with Crippen LogP contribution in [0.1, 0.15) is 25.3 Å². The molecule has 1 amide bonds. The van der Waals surface area contributed by atoms with E-state index in [-0.39, 0.29) is 24.5 Å². The summed E-state index contributed by atoms with van der Waals surface area (Å²) in [6.07, 6.45) is 1.11. The number of carboxylic acid groups (broad SMARTS) is 1. The molecule has 1 heterocycles. The van der Waals surface area contributed by atoms with Gasteiger partial charge in [-0.3, -0.25) is 4.79 Å². The van der Waals surface area contributed by atoms with Crippen molar-refractivity contribution in [3.8, 4) is 0 Å². The summed E-state index contributed by atoms with van der Waals surface area (Å²) in [7, 11) is 0. The normalized spacial score (nSPS) is 17.3. The van der Waals surface area contributed by atoms with E-state index >= 15 is 0 Å². The highest BCUT2D eigenvalue weighted by atomic mass is 16.6. The number of nitrogens with zero attached hydrogens (tertiary/aromatic N) is 1. The number of amides is 1. The van der Waals surface area contributed by atoms with Crippen molar-refractivity contribution in [2.24, 2.45) is 11.8 Å². The van der Waals surface area contributed by atoms with Crippen molar-refractivity contribution >= 4 is 12.1 Å².